The van der Waals surface area contributed by atoms with E-state index < -0.39 is 0 Å². The number of hydrogen-bond acceptors (Lipinski definition) is 5. The molecule has 0 amide bonds. The minimum absolute atomic E-state index is 0.0379. The number of aryl methyl sites for hydroxylation is 2. The first-order chi connectivity index (χ1) is 9.08. The molecule has 0 spiro atoms. The number of hydrogen-bond donors (Lipinski definition) is 1. The summed E-state index contributed by atoms with van der Waals surface area (Å²) in [6.07, 6.45) is 4.29. The lowest BCUT2D eigenvalue weighted by molar-refractivity contribution is 0.290. The Hall–Kier alpha value is -1.20. The van der Waals surface area contributed by atoms with Gasteiger partial charge in [-0.15, -0.1) is 11.3 Å². The third-order valence-corrected chi connectivity index (χ3v) is 5.72. The summed E-state index contributed by atoms with van der Waals surface area (Å²) in [4.78, 5) is 13.7. The molecule has 4 rings (SSSR count). The molecule has 5 heteroatoms. The molecule has 0 radical (unpaired) electrons. The molecule has 3 heterocycles. The number of anilines is 1. The smallest absolute Gasteiger partial charge is 0.141 e. The van der Waals surface area contributed by atoms with Crippen LogP contribution in [0.5, 0.6) is 0 Å². The van der Waals surface area contributed by atoms with Crippen LogP contribution in [-0.2, 0) is 0 Å². The molecule has 2 aromatic heterocycles. The summed E-state index contributed by atoms with van der Waals surface area (Å²) in [7, 11) is 0. The summed E-state index contributed by atoms with van der Waals surface area (Å²) >= 11 is 1.75. The Morgan fingerprint density at radius 1 is 1.32 bits per heavy atom. The summed E-state index contributed by atoms with van der Waals surface area (Å²) in [5.41, 5.74) is 7.79. The van der Waals surface area contributed by atoms with Crippen molar-refractivity contribution in [2.24, 2.45) is 11.7 Å². The fourth-order valence-electron chi connectivity index (χ4n) is 3.13. The van der Waals surface area contributed by atoms with E-state index in [0.29, 0.717) is 0 Å². The minimum atomic E-state index is 0.0379. The maximum atomic E-state index is 6.44. The second-order valence-electron chi connectivity index (χ2n) is 6.02. The number of nitrogens with two attached hydrogens (primary N) is 1. The number of nitrogens with zero attached hydrogens (tertiary/aromatic N) is 3. The maximum absolute atomic E-state index is 6.44. The van der Waals surface area contributed by atoms with Crippen LogP contribution in [0.4, 0.5) is 5.82 Å². The van der Waals surface area contributed by atoms with E-state index in [2.05, 4.69) is 28.7 Å². The molecule has 4 nitrogen and oxygen atoms in total. The van der Waals surface area contributed by atoms with Gasteiger partial charge in [0.15, 0.2) is 0 Å². The van der Waals surface area contributed by atoms with Gasteiger partial charge in [0.05, 0.1) is 10.9 Å². The first kappa shape index (κ1) is 11.6. The van der Waals surface area contributed by atoms with Crippen LogP contribution in [0.1, 0.15) is 23.3 Å². The fourth-order valence-corrected chi connectivity index (χ4v) is 4.13. The lowest BCUT2D eigenvalue weighted by Gasteiger charge is -2.49. The van der Waals surface area contributed by atoms with Crippen molar-refractivity contribution in [3.05, 3.63) is 16.8 Å². The molecule has 2 aliphatic rings. The second-order valence-corrected chi connectivity index (χ2v) is 7.23. The number of fused-ring (bicyclic) bond motifs is 1. The molecule has 2 N–H and O–H groups in total. The second kappa shape index (κ2) is 3.67. The number of aromatic nitrogens is 2. The van der Waals surface area contributed by atoms with E-state index >= 15 is 0 Å². The van der Waals surface area contributed by atoms with E-state index in [0.717, 1.165) is 29.7 Å². The zero-order chi connectivity index (χ0) is 13.2. The average molecular weight is 274 g/mol. The Labute approximate surface area is 116 Å². The number of thiophene rings is 1. The summed E-state index contributed by atoms with van der Waals surface area (Å²) in [5.74, 6) is 1.82. The van der Waals surface area contributed by atoms with Crippen molar-refractivity contribution < 1.29 is 0 Å². The van der Waals surface area contributed by atoms with E-state index in [-0.39, 0.29) is 5.54 Å². The van der Waals surface area contributed by atoms with E-state index in [4.69, 9.17) is 5.73 Å². The Morgan fingerprint density at radius 2 is 2.05 bits per heavy atom. The highest BCUT2D eigenvalue weighted by Crippen LogP contribution is 2.45. The zero-order valence-corrected chi connectivity index (χ0v) is 12.1. The van der Waals surface area contributed by atoms with Crippen LogP contribution < -0.4 is 10.6 Å². The van der Waals surface area contributed by atoms with Gasteiger partial charge in [0.25, 0.3) is 0 Å². The monoisotopic (exact) mass is 274 g/mol. The van der Waals surface area contributed by atoms with Gasteiger partial charge in [-0.05, 0) is 38.2 Å². The fraction of sp³-hybridized carbons (Fsp3) is 0.571. The van der Waals surface area contributed by atoms with Crippen LogP contribution in [0.2, 0.25) is 0 Å². The van der Waals surface area contributed by atoms with Crippen molar-refractivity contribution >= 4 is 27.4 Å². The lowest BCUT2D eigenvalue weighted by Crippen LogP contribution is -2.69. The van der Waals surface area contributed by atoms with Crippen LogP contribution in [0.15, 0.2) is 6.33 Å². The van der Waals surface area contributed by atoms with Crippen LogP contribution >= 0.6 is 11.3 Å². The van der Waals surface area contributed by atoms with Gasteiger partial charge >= 0.3 is 0 Å². The third kappa shape index (κ3) is 1.61. The molecule has 0 aromatic carbocycles. The summed E-state index contributed by atoms with van der Waals surface area (Å²) < 4.78 is 0. The van der Waals surface area contributed by atoms with Crippen LogP contribution in [0.25, 0.3) is 10.2 Å². The molecule has 0 atom stereocenters. The van der Waals surface area contributed by atoms with Gasteiger partial charge < -0.3 is 10.6 Å². The van der Waals surface area contributed by atoms with Crippen molar-refractivity contribution in [2.75, 3.05) is 18.0 Å². The normalized spacial score (nSPS) is 21.7. The Balaban J connectivity index is 1.72. The van der Waals surface area contributed by atoms with Crippen LogP contribution in [0.3, 0.4) is 0 Å². The molecular weight excluding hydrogens is 256 g/mol. The van der Waals surface area contributed by atoms with Gasteiger partial charge in [0.2, 0.25) is 0 Å². The van der Waals surface area contributed by atoms with Crippen LogP contribution in [-0.4, -0.2) is 28.6 Å². The minimum Gasteiger partial charge on any atom is -0.352 e. The van der Waals surface area contributed by atoms with E-state index in [1.54, 1.807) is 17.7 Å². The molecule has 1 saturated carbocycles. The number of rotatable bonds is 2. The Morgan fingerprint density at radius 3 is 2.74 bits per heavy atom. The first-order valence-electron chi connectivity index (χ1n) is 6.83. The van der Waals surface area contributed by atoms with Gasteiger partial charge in [-0.2, -0.15) is 0 Å². The van der Waals surface area contributed by atoms with Gasteiger partial charge in [-0.1, -0.05) is 0 Å². The average Bonchev–Trinajstić information content (AvgIpc) is 3.14. The molecule has 0 bridgehead atoms. The predicted molar refractivity (Wildman–Crippen MR) is 78.7 cm³/mol. The van der Waals surface area contributed by atoms with Gasteiger partial charge in [0.1, 0.15) is 17.0 Å². The molecule has 19 heavy (non-hydrogen) atoms. The molecule has 0 unspecified atom stereocenters. The predicted octanol–water partition coefficient (Wildman–Crippen LogP) is 2.24. The summed E-state index contributed by atoms with van der Waals surface area (Å²) in [5, 5.41) is 1.22. The molecule has 100 valence electrons. The largest absolute Gasteiger partial charge is 0.352 e. The quantitative estimate of drug-likeness (QED) is 0.912. The van der Waals surface area contributed by atoms with Gasteiger partial charge in [-0.25, -0.2) is 9.97 Å². The van der Waals surface area contributed by atoms with E-state index in [9.17, 15) is 0 Å². The highest BCUT2D eigenvalue weighted by atomic mass is 32.1. The van der Waals surface area contributed by atoms with Gasteiger partial charge in [0, 0.05) is 18.0 Å². The highest BCUT2D eigenvalue weighted by Gasteiger charge is 2.51. The first-order valence-corrected chi connectivity index (χ1v) is 7.65. The molecule has 1 aliphatic heterocycles. The van der Waals surface area contributed by atoms with Crippen molar-refractivity contribution in [1.29, 1.82) is 0 Å². The van der Waals surface area contributed by atoms with Crippen molar-refractivity contribution in [1.82, 2.24) is 9.97 Å². The highest BCUT2D eigenvalue weighted by molar-refractivity contribution is 7.18. The third-order valence-electron chi connectivity index (χ3n) is 4.61. The molecule has 1 saturated heterocycles. The lowest BCUT2D eigenvalue weighted by atomic mass is 9.85. The maximum Gasteiger partial charge on any atom is 0.141 e. The van der Waals surface area contributed by atoms with Crippen molar-refractivity contribution in [3.63, 3.8) is 0 Å². The molecule has 2 fully saturated rings. The van der Waals surface area contributed by atoms with Crippen molar-refractivity contribution in [3.8, 4) is 0 Å². The standard InChI is InChI=1S/C14H18N4S/c1-8-9(2)19-13-11(8)12(16-7-17-13)18-5-14(15,6-18)10-3-4-10/h7,10H,3-6,15H2,1-2H3. The summed E-state index contributed by atoms with van der Waals surface area (Å²) in [6.45, 7) is 6.20. The summed E-state index contributed by atoms with van der Waals surface area (Å²) in [6, 6.07) is 0. The zero-order valence-electron chi connectivity index (χ0n) is 11.3. The van der Waals surface area contributed by atoms with Crippen molar-refractivity contribution in [2.45, 2.75) is 32.2 Å². The molecule has 2 aromatic rings. The Bertz CT molecular complexity index is 653. The molecular formula is C14H18N4S. The van der Waals surface area contributed by atoms with E-state index in [1.807, 2.05) is 0 Å². The Kier molecular flexibility index (Phi) is 2.24. The van der Waals surface area contributed by atoms with Gasteiger partial charge in [-0.3, -0.25) is 0 Å². The SMILES string of the molecule is Cc1sc2ncnc(N3CC(N)(C4CC4)C3)c2c1C. The van der Waals surface area contributed by atoms with E-state index in [1.165, 1.54) is 28.7 Å². The van der Waals surface area contributed by atoms with Crippen LogP contribution in [0, 0.1) is 19.8 Å². The topological polar surface area (TPSA) is 55.0 Å². The molecule has 1 aliphatic carbocycles.